The third kappa shape index (κ3) is 2.68. The van der Waals surface area contributed by atoms with Crippen LogP contribution in [0.15, 0.2) is 22.7 Å². The van der Waals surface area contributed by atoms with Gasteiger partial charge in [0.2, 0.25) is 0 Å². The molecular weight excluding hydrogens is 360 g/mol. The Hall–Kier alpha value is -0.390. The van der Waals surface area contributed by atoms with Gasteiger partial charge in [-0.1, -0.05) is 15.9 Å². The van der Waals surface area contributed by atoms with E-state index in [1.807, 2.05) is 19.1 Å². The van der Waals surface area contributed by atoms with Crippen LogP contribution in [0, 0.1) is 0 Å². The molecule has 2 aromatic rings. The maximum atomic E-state index is 11.6. The maximum Gasteiger partial charge on any atom is 0.127 e. The van der Waals surface area contributed by atoms with Gasteiger partial charge in [0.1, 0.15) is 5.82 Å². The second-order valence-electron chi connectivity index (χ2n) is 5.17. The predicted octanol–water partition coefficient (Wildman–Crippen LogP) is 4.18. The number of benzene rings is 1. The van der Waals surface area contributed by atoms with Crippen LogP contribution in [-0.4, -0.2) is 25.3 Å². The van der Waals surface area contributed by atoms with Gasteiger partial charge in [-0.2, -0.15) is 0 Å². The highest BCUT2D eigenvalue weighted by atomic mass is 79.9. The summed E-state index contributed by atoms with van der Waals surface area (Å²) in [6, 6.07) is 6.46. The van der Waals surface area contributed by atoms with Gasteiger partial charge < -0.3 is 4.57 Å². The quantitative estimate of drug-likeness (QED) is 0.738. The van der Waals surface area contributed by atoms with Crippen molar-refractivity contribution in [2.24, 2.45) is 0 Å². The molecule has 0 N–H and O–H groups in total. The van der Waals surface area contributed by atoms with Gasteiger partial charge in [-0.3, -0.25) is 4.21 Å². The third-order valence-electron chi connectivity index (χ3n) is 3.76. The number of rotatable bonds is 2. The monoisotopic (exact) mass is 374 g/mol. The van der Waals surface area contributed by atoms with Crippen LogP contribution in [0.5, 0.6) is 0 Å². The van der Waals surface area contributed by atoms with E-state index in [2.05, 4.69) is 31.5 Å². The zero-order valence-electron chi connectivity index (χ0n) is 11.2. The Kier molecular flexibility index (Phi) is 4.20. The summed E-state index contributed by atoms with van der Waals surface area (Å²) in [7, 11) is -0.654. The van der Waals surface area contributed by atoms with Gasteiger partial charge in [-0.05, 0) is 38.0 Å². The largest absolute Gasteiger partial charge is 0.324 e. The molecule has 0 amide bonds. The van der Waals surface area contributed by atoms with Crippen molar-refractivity contribution in [2.45, 2.75) is 31.2 Å². The van der Waals surface area contributed by atoms with E-state index in [4.69, 9.17) is 11.6 Å². The van der Waals surface area contributed by atoms with E-state index in [0.717, 1.165) is 45.7 Å². The van der Waals surface area contributed by atoms with Crippen LogP contribution in [0.25, 0.3) is 11.0 Å². The first-order valence-corrected chi connectivity index (χ1v) is 9.44. The second-order valence-corrected chi connectivity index (χ2v) is 8.43. The lowest BCUT2D eigenvalue weighted by molar-refractivity contribution is 0.457. The lowest BCUT2D eigenvalue weighted by Crippen LogP contribution is -2.23. The number of nitrogens with zero attached hydrogens (tertiary/aromatic N) is 2. The van der Waals surface area contributed by atoms with Crippen molar-refractivity contribution in [1.29, 1.82) is 0 Å². The fourth-order valence-corrected chi connectivity index (χ4v) is 4.57. The molecule has 1 fully saturated rings. The molecule has 2 heterocycles. The average molecular weight is 376 g/mol. The summed E-state index contributed by atoms with van der Waals surface area (Å²) in [6.45, 7) is 1.95. The molecule has 1 saturated heterocycles. The molecule has 1 aromatic carbocycles. The highest BCUT2D eigenvalue weighted by Gasteiger charge is 2.25. The number of halogens is 2. The Morgan fingerprint density at radius 1 is 1.45 bits per heavy atom. The zero-order chi connectivity index (χ0) is 14.3. The second kappa shape index (κ2) is 5.78. The van der Waals surface area contributed by atoms with E-state index in [0.29, 0.717) is 6.04 Å². The fourth-order valence-electron chi connectivity index (χ4n) is 2.79. The van der Waals surface area contributed by atoms with Gasteiger partial charge in [0.05, 0.1) is 16.4 Å². The number of fused-ring (bicyclic) bond motifs is 1. The lowest BCUT2D eigenvalue weighted by Gasteiger charge is -2.26. The molecule has 3 rings (SSSR count). The average Bonchev–Trinajstić information content (AvgIpc) is 2.78. The summed E-state index contributed by atoms with van der Waals surface area (Å²) < 4.78 is 14.9. The molecule has 0 bridgehead atoms. The molecule has 20 heavy (non-hydrogen) atoms. The van der Waals surface area contributed by atoms with Gasteiger partial charge in [0, 0.05) is 32.8 Å². The minimum Gasteiger partial charge on any atom is -0.324 e. The molecule has 1 aliphatic heterocycles. The summed E-state index contributed by atoms with van der Waals surface area (Å²) >= 11 is 9.84. The Bertz CT molecular complexity index is 660. The van der Waals surface area contributed by atoms with Crippen molar-refractivity contribution in [1.82, 2.24) is 9.55 Å². The first-order valence-electron chi connectivity index (χ1n) is 6.72. The number of aromatic nitrogens is 2. The smallest absolute Gasteiger partial charge is 0.127 e. The van der Waals surface area contributed by atoms with E-state index < -0.39 is 10.8 Å². The molecular formula is C14H16BrClN2OS. The maximum absolute atomic E-state index is 11.6. The van der Waals surface area contributed by atoms with E-state index >= 15 is 0 Å². The molecule has 0 saturated carbocycles. The fraction of sp³-hybridized carbons (Fsp3) is 0.500. The minimum absolute atomic E-state index is 0.131. The summed E-state index contributed by atoms with van der Waals surface area (Å²) in [5, 5.41) is -0.131. The Morgan fingerprint density at radius 3 is 2.80 bits per heavy atom. The molecule has 108 valence electrons. The van der Waals surface area contributed by atoms with Crippen molar-refractivity contribution in [2.75, 3.05) is 11.5 Å². The van der Waals surface area contributed by atoms with Crippen LogP contribution >= 0.6 is 27.5 Å². The van der Waals surface area contributed by atoms with Crippen molar-refractivity contribution >= 4 is 49.4 Å². The summed E-state index contributed by atoms with van der Waals surface area (Å²) in [6.07, 6.45) is 1.86. The summed E-state index contributed by atoms with van der Waals surface area (Å²) in [5.74, 6) is 2.46. The first-order chi connectivity index (χ1) is 9.56. The van der Waals surface area contributed by atoms with Crippen LogP contribution in [-0.2, 0) is 10.8 Å². The van der Waals surface area contributed by atoms with Crippen LogP contribution in [0.2, 0.25) is 0 Å². The molecule has 1 aliphatic rings. The van der Waals surface area contributed by atoms with E-state index in [-0.39, 0.29) is 5.38 Å². The number of hydrogen-bond acceptors (Lipinski definition) is 2. The SMILES string of the molecule is CC(Cl)c1nc2ccc(Br)cc2n1C1CCS(=O)CC1. The molecule has 3 nitrogen and oxygen atoms in total. The molecule has 1 aromatic heterocycles. The van der Waals surface area contributed by atoms with Gasteiger partial charge in [0.15, 0.2) is 0 Å². The Labute approximate surface area is 134 Å². The molecule has 1 unspecified atom stereocenters. The standard InChI is InChI=1S/C14H16BrClN2OS/c1-9(16)14-17-12-3-2-10(15)8-13(12)18(14)11-4-6-20(19)7-5-11/h2-3,8-9,11H,4-7H2,1H3. The van der Waals surface area contributed by atoms with Crippen molar-refractivity contribution in [3.63, 3.8) is 0 Å². The van der Waals surface area contributed by atoms with Crippen LogP contribution in [0.3, 0.4) is 0 Å². The van der Waals surface area contributed by atoms with Gasteiger partial charge in [-0.15, -0.1) is 11.6 Å². The Morgan fingerprint density at radius 2 is 2.15 bits per heavy atom. The predicted molar refractivity (Wildman–Crippen MR) is 87.8 cm³/mol. The van der Waals surface area contributed by atoms with E-state index in [1.54, 1.807) is 0 Å². The topological polar surface area (TPSA) is 34.9 Å². The number of imidazole rings is 1. The van der Waals surface area contributed by atoms with Crippen molar-refractivity contribution in [3.8, 4) is 0 Å². The Balaban J connectivity index is 2.13. The lowest BCUT2D eigenvalue weighted by atomic mass is 10.1. The van der Waals surface area contributed by atoms with Crippen molar-refractivity contribution in [3.05, 3.63) is 28.5 Å². The van der Waals surface area contributed by atoms with Gasteiger partial charge in [0.25, 0.3) is 0 Å². The van der Waals surface area contributed by atoms with E-state index in [9.17, 15) is 4.21 Å². The summed E-state index contributed by atoms with van der Waals surface area (Å²) in [5.41, 5.74) is 2.09. The van der Waals surface area contributed by atoms with Gasteiger partial charge >= 0.3 is 0 Å². The first kappa shape index (κ1) is 14.5. The van der Waals surface area contributed by atoms with E-state index in [1.165, 1.54) is 0 Å². The molecule has 0 radical (unpaired) electrons. The van der Waals surface area contributed by atoms with Gasteiger partial charge in [-0.25, -0.2) is 4.98 Å². The highest BCUT2D eigenvalue weighted by molar-refractivity contribution is 9.10. The molecule has 0 spiro atoms. The number of hydrogen-bond donors (Lipinski definition) is 0. The highest BCUT2D eigenvalue weighted by Crippen LogP contribution is 2.33. The normalized spacial score (nSPS) is 24.9. The summed E-state index contributed by atoms with van der Waals surface area (Å²) in [4.78, 5) is 4.68. The molecule has 0 aliphatic carbocycles. The zero-order valence-corrected chi connectivity index (χ0v) is 14.3. The van der Waals surface area contributed by atoms with Crippen LogP contribution < -0.4 is 0 Å². The molecule has 1 atom stereocenters. The third-order valence-corrected chi connectivity index (χ3v) is 5.83. The van der Waals surface area contributed by atoms with Crippen molar-refractivity contribution < 1.29 is 4.21 Å². The van der Waals surface area contributed by atoms with Crippen LogP contribution in [0.4, 0.5) is 0 Å². The number of alkyl halides is 1. The molecule has 6 heteroatoms. The minimum atomic E-state index is -0.654. The van der Waals surface area contributed by atoms with Crippen LogP contribution in [0.1, 0.15) is 37.0 Å².